The van der Waals surface area contributed by atoms with E-state index >= 15 is 0 Å². The summed E-state index contributed by atoms with van der Waals surface area (Å²) in [6.07, 6.45) is 1.25. The molecule has 108 valence electrons. The Labute approximate surface area is 121 Å². The van der Waals surface area contributed by atoms with E-state index in [0.29, 0.717) is 23.4 Å². The Kier molecular flexibility index (Phi) is 4.27. The normalized spacial score (nSPS) is 10.3. The molecule has 0 atom stereocenters. The molecule has 0 aliphatic heterocycles. The third kappa shape index (κ3) is 3.05. The predicted molar refractivity (Wildman–Crippen MR) is 77.3 cm³/mol. The molecule has 1 heterocycles. The minimum Gasteiger partial charge on any atom is -0.478 e. The van der Waals surface area contributed by atoms with E-state index in [-0.39, 0.29) is 11.3 Å². The number of nitrogens with zero attached hydrogens (tertiary/aromatic N) is 2. The van der Waals surface area contributed by atoms with Crippen molar-refractivity contribution >= 4 is 11.7 Å². The Bertz CT molecular complexity index is 698. The summed E-state index contributed by atoms with van der Waals surface area (Å²) in [4.78, 5) is 26.1. The van der Waals surface area contributed by atoms with E-state index in [1.54, 1.807) is 18.2 Å². The molecule has 1 aromatic heterocycles. The molecule has 2 aromatic rings. The first kappa shape index (κ1) is 14.6. The highest BCUT2D eigenvalue weighted by Gasteiger charge is 2.18. The number of hydrogen-bond donors (Lipinski definition) is 1. The summed E-state index contributed by atoms with van der Waals surface area (Å²) in [7, 11) is 0. The molecule has 0 aliphatic carbocycles. The second-order valence-corrected chi connectivity index (χ2v) is 4.52. The Morgan fingerprint density at radius 3 is 2.62 bits per heavy atom. The number of carboxylic acids is 1. The van der Waals surface area contributed by atoms with Crippen LogP contribution in [0.25, 0.3) is 11.3 Å². The van der Waals surface area contributed by atoms with Gasteiger partial charge in [0.05, 0.1) is 27.4 Å². The summed E-state index contributed by atoms with van der Waals surface area (Å²) >= 11 is 0. The van der Waals surface area contributed by atoms with Crippen LogP contribution >= 0.6 is 0 Å². The molecule has 1 N–H and O–H groups in total. The fraction of sp³-hybridized carbons (Fsp3) is 0.200. The zero-order chi connectivity index (χ0) is 15.4. The monoisotopic (exact) mass is 286 g/mol. The van der Waals surface area contributed by atoms with Crippen LogP contribution in [0.2, 0.25) is 0 Å². The van der Waals surface area contributed by atoms with Gasteiger partial charge in [0.25, 0.3) is 5.69 Å². The van der Waals surface area contributed by atoms with Gasteiger partial charge in [-0.2, -0.15) is 0 Å². The number of benzene rings is 1. The molecule has 0 unspecified atom stereocenters. The fourth-order valence-electron chi connectivity index (χ4n) is 2.12. The Morgan fingerprint density at radius 2 is 2.00 bits per heavy atom. The molecule has 0 bridgehead atoms. The van der Waals surface area contributed by atoms with E-state index in [1.807, 2.05) is 6.92 Å². The third-order valence-electron chi connectivity index (χ3n) is 3.07. The van der Waals surface area contributed by atoms with E-state index in [1.165, 1.54) is 18.2 Å². The maximum Gasteiger partial charge on any atom is 0.337 e. The molecule has 6 nitrogen and oxygen atoms in total. The number of nitro benzene ring substituents is 1. The van der Waals surface area contributed by atoms with E-state index in [0.717, 1.165) is 6.42 Å². The van der Waals surface area contributed by atoms with Gasteiger partial charge in [-0.05, 0) is 24.6 Å². The molecule has 1 aromatic carbocycles. The lowest BCUT2D eigenvalue weighted by Gasteiger charge is -2.08. The second-order valence-electron chi connectivity index (χ2n) is 4.52. The molecule has 2 rings (SSSR count). The molecule has 0 spiro atoms. The van der Waals surface area contributed by atoms with Gasteiger partial charge in [0, 0.05) is 6.07 Å². The van der Waals surface area contributed by atoms with Crippen molar-refractivity contribution in [3.63, 3.8) is 0 Å². The number of rotatable bonds is 5. The van der Waals surface area contributed by atoms with E-state index in [2.05, 4.69) is 4.98 Å². The maximum absolute atomic E-state index is 11.2. The largest absolute Gasteiger partial charge is 0.478 e. The van der Waals surface area contributed by atoms with E-state index < -0.39 is 10.9 Å². The lowest BCUT2D eigenvalue weighted by Crippen LogP contribution is -2.06. The minimum atomic E-state index is -1.04. The van der Waals surface area contributed by atoms with Crippen molar-refractivity contribution < 1.29 is 14.8 Å². The van der Waals surface area contributed by atoms with Crippen LogP contribution in [0.15, 0.2) is 36.4 Å². The van der Waals surface area contributed by atoms with Crippen molar-refractivity contribution in [3.05, 3.63) is 57.8 Å². The van der Waals surface area contributed by atoms with Gasteiger partial charge < -0.3 is 5.11 Å². The Hall–Kier alpha value is -2.76. The molecule has 6 heteroatoms. The van der Waals surface area contributed by atoms with Crippen molar-refractivity contribution in [2.75, 3.05) is 0 Å². The number of aryl methyl sites for hydroxylation is 1. The van der Waals surface area contributed by atoms with E-state index in [4.69, 9.17) is 5.11 Å². The number of aromatic carboxylic acids is 1. The number of carboxylic acid groups (broad SMARTS) is 1. The average molecular weight is 286 g/mol. The van der Waals surface area contributed by atoms with Crippen LogP contribution in [0.3, 0.4) is 0 Å². The van der Waals surface area contributed by atoms with Crippen molar-refractivity contribution in [1.82, 2.24) is 4.98 Å². The topological polar surface area (TPSA) is 93.3 Å². The Balaban J connectivity index is 2.58. The van der Waals surface area contributed by atoms with Gasteiger partial charge in [-0.3, -0.25) is 15.1 Å². The summed E-state index contributed by atoms with van der Waals surface area (Å²) in [6, 6.07) is 9.24. The Morgan fingerprint density at radius 1 is 1.29 bits per heavy atom. The first-order valence-electron chi connectivity index (χ1n) is 6.51. The summed E-state index contributed by atoms with van der Waals surface area (Å²) in [5.41, 5.74) is 1.34. The van der Waals surface area contributed by atoms with Gasteiger partial charge in [-0.1, -0.05) is 25.5 Å². The zero-order valence-electron chi connectivity index (χ0n) is 11.4. The highest BCUT2D eigenvalue weighted by Crippen LogP contribution is 2.29. The van der Waals surface area contributed by atoms with Gasteiger partial charge in [0.2, 0.25) is 0 Å². The highest BCUT2D eigenvalue weighted by atomic mass is 16.6. The lowest BCUT2D eigenvalue weighted by molar-refractivity contribution is -0.384. The van der Waals surface area contributed by atoms with Crippen LogP contribution < -0.4 is 0 Å². The number of aromatic nitrogens is 1. The molecule has 21 heavy (non-hydrogen) atoms. The maximum atomic E-state index is 11.2. The molecule has 0 radical (unpaired) electrons. The third-order valence-corrected chi connectivity index (χ3v) is 3.07. The van der Waals surface area contributed by atoms with Crippen molar-refractivity contribution in [3.8, 4) is 11.3 Å². The van der Waals surface area contributed by atoms with Crippen LogP contribution in [0, 0.1) is 10.1 Å². The first-order chi connectivity index (χ1) is 10.0. The quantitative estimate of drug-likeness (QED) is 0.672. The smallest absolute Gasteiger partial charge is 0.337 e. The minimum absolute atomic E-state index is 0.0458. The van der Waals surface area contributed by atoms with Gasteiger partial charge in [-0.25, -0.2) is 4.79 Å². The number of hydrogen-bond acceptors (Lipinski definition) is 4. The van der Waals surface area contributed by atoms with Crippen LogP contribution in [-0.4, -0.2) is 21.0 Å². The molecule has 0 saturated heterocycles. The van der Waals surface area contributed by atoms with Crippen LogP contribution in [-0.2, 0) is 6.42 Å². The van der Waals surface area contributed by atoms with Gasteiger partial charge in [0.15, 0.2) is 0 Å². The summed E-state index contributed by atoms with van der Waals surface area (Å²) < 4.78 is 0. The van der Waals surface area contributed by atoms with Crippen molar-refractivity contribution in [1.29, 1.82) is 0 Å². The van der Waals surface area contributed by atoms with Crippen LogP contribution in [0.4, 0.5) is 5.69 Å². The van der Waals surface area contributed by atoms with E-state index in [9.17, 15) is 14.9 Å². The molecule has 0 fully saturated rings. The standard InChI is InChI=1S/C15H14N2O4/c1-2-5-12-11(15(18)19)8-9-13(16-12)10-6-3-4-7-14(10)17(20)21/h3-4,6-9H,2,5H2,1H3,(H,18,19). The zero-order valence-corrected chi connectivity index (χ0v) is 11.4. The molecule has 0 aliphatic rings. The number of pyridine rings is 1. The van der Waals surface area contributed by atoms with Crippen molar-refractivity contribution in [2.24, 2.45) is 0 Å². The van der Waals surface area contributed by atoms with Gasteiger partial charge in [-0.15, -0.1) is 0 Å². The molecular weight excluding hydrogens is 272 g/mol. The lowest BCUT2D eigenvalue weighted by atomic mass is 10.0. The highest BCUT2D eigenvalue weighted by molar-refractivity contribution is 5.89. The van der Waals surface area contributed by atoms with Gasteiger partial charge in [0.1, 0.15) is 0 Å². The molecule has 0 amide bonds. The summed E-state index contributed by atoms with van der Waals surface area (Å²) in [6.45, 7) is 1.92. The summed E-state index contributed by atoms with van der Waals surface area (Å²) in [5.74, 6) is -1.04. The average Bonchev–Trinajstić information content (AvgIpc) is 2.47. The second kappa shape index (κ2) is 6.13. The SMILES string of the molecule is CCCc1nc(-c2ccccc2[N+](=O)[O-])ccc1C(=O)O. The molecule has 0 saturated carbocycles. The fourth-order valence-corrected chi connectivity index (χ4v) is 2.12. The predicted octanol–water partition coefficient (Wildman–Crippen LogP) is 3.31. The van der Waals surface area contributed by atoms with Crippen molar-refractivity contribution in [2.45, 2.75) is 19.8 Å². The molecular formula is C15H14N2O4. The van der Waals surface area contributed by atoms with Crippen LogP contribution in [0.1, 0.15) is 29.4 Å². The van der Waals surface area contributed by atoms with Gasteiger partial charge >= 0.3 is 5.97 Å². The number of nitro groups is 1. The number of para-hydroxylation sites is 1. The first-order valence-corrected chi connectivity index (χ1v) is 6.51. The summed E-state index contributed by atoms with van der Waals surface area (Å²) in [5, 5.41) is 20.2. The van der Waals surface area contributed by atoms with Crippen LogP contribution in [0.5, 0.6) is 0 Å². The number of carbonyl (C=O) groups is 1.